The minimum absolute atomic E-state index is 0.0981. The lowest BCUT2D eigenvalue weighted by Crippen LogP contribution is -2.40. The van der Waals surface area contributed by atoms with Gasteiger partial charge in [0.2, 0.25) is 10.0 Å². The molecule has 8 heteroatoms. The molecule has 0 aliphatic carbocycles. The zero-order valence-electron chi connectivity index (χ0n) is 18.1. The van der Waals surface area contributed by atoms with Crippen molar-refractivity contribution >= 4 is 26.7 Å². The fourth-order valence-electron chi connectivity index (χ4n) is 4.26. The van der Waals surface area contributed by atoms with Gasteiger partial charge in [0.25, 0.3) is 0 Å². The van der Waals surface area contributed by atoms with E-state index in [0.29, 0.717) is 38.7 Å². The van der Waals surface area contributed by atoms with Gasteiger partial charge >= 0.3 is 0 Å². The molecule has 0 bridgehead atoms. The van der Waals surface area contributed by atoms with Gasteiger partial charge in [0.15, 0.2) is 0 Å². The third-order valence-electron chi connectivity index (χ3n) is 6.03. The number of aromatic amines is 1. The number of morpholine rings is 1. The van der Waals surface area contributed by atoms with Gasteiger partial charge in [0.1, 0.15) is 10.7 Å². The first-order valence-electron chi connectivity index (χ1n) is 11.0. The molecule has 1 aliphatic rings. The number of fused-ring (bicyclic) bond motifs is 1. The summed E-state index contributed by atoms with van der Waals surface area (Å²) < 4.78 is 32.4. The Morgan fingerprint density at radius 1 is 1.00 bits per heavy atom. The summed E-state index contributed by atoms with van der Waals surface area (Å²) in [6.07, 6.45) is 3.49. The van der Waals surface area contributed by atoms with Crippen molar-refractivity contribution in [1.29, 1.82) is 0 Å². The topological polar surface area (TPSA) is 87.3 Å². The molecule has 1 aliphatic heterocycles. The van der Waals surface area contributed by atoms with Crippen molar-refractivity contribution in [1.82, 2.24) is 14.3 Å². The number of para-hydroxylation sites is 1. The van der Waals surface area contributed by atoms with Gasteiger partial charge in [0, 0.05) is 48.8 Å². The number of anilines is 1. The summed E-state index contributed by atoms with van der Waals surface area (Å²) in [5.41, 5.74) is 3.50. The molecule has 1 saturated heterocycles. The highest BCUT2D eigenvalue weighted by Gasteiger charge is 2.26. The van der Waals surface area contributed by atoms with Gasteiger partial charge in [-0.2, -0.15) is 4.31 Å². The third kappa shape index (κ3) is 4.50. The second kappa shape index (κ2) is 9.35. The Morgan fingerprint density at radius 2 is 1.76 bits per heavy atom. The second-order valence-corrected chi connectivity index (χ2v) is 9.97. The highest BCUT2D eigenvalue weighted by molar-refractivity contribution is 7.89. The van der Waals surface area contributed by atoms with Crippen LogP contribution in [-0.2, 0) is 14.8 Å². The van der Waals surface area contributed by atoms with Crippen LogP contribution in [0.3, 0.4) is 0 Å². The number of aromatic nitrogens is 2. The van der Waals surface area contributed by atoms with Crippen molar-refractivity contribution in [3.05, 3.63) is 90.3 Å². The van der Waals surface area contributed by atoms with Crippen molar-refractivity contribution < 1.29 is 13.2 Å². The van der Waals surface area contributed by atoms with E-state index < -0.39 is 10.0 Å². The van der Waals surface area contributed by atoms with Crippen molar-refractivity contribution in [2.45, 2.75) is 10.8 Å². The van der Waals surface area contributed by atoms with Crippen LogP contribution in [0, 0.1) is 0 Å². The van der Waals surface area contributed by atoms with Gasteiger partial charge in [-0.3, -0.25) is 0 Å². The maximum absolute atomic E-state index is 12.8. The molecule has 0 unspecified atom stereocenters. The molecule has 0 amide bonds. The van der Waals surface area contributed by atoms with E-state index in [1.807, 2.05) is 30.3 Å². The molecular formula is C25H26N4O3S. The van der Waals surface area contributed by atoms with Crippen LogP contribution >= 0.6 is 0 Å². The summed E-state index contributed by atoms with van der Waals surface area (Å²) in [5.74, 6) is 0.734. The van der Waals surface area contributed by atoms with Crippen LogP contribution in [0.15, 0.2) is 84.0 Å². The van der Waals surface area contributed by atoms with E-state index in [1.165, 1.54) is 27.0 Å². The van der Waals surface area contributed by atoms with Crippen LogP contribution in [0.5, 0.6) is 0 Å². The number of hydrogen-bond donors (Lipinski definition) is 2. The number of hydrogen-bond acceptors (Lipinski definition) is 5. The fourth-order valence-corrected chi connectivity index (χ4v) is 5.61. The molecule has 0 radical (unpaired) electrons. The fraction of sp³-hybridized carbons (Fsp3) is 0.240. The number of rotatable bonds is 7. The molecule has 2 aromatic heterocycles. The maximum atomic E-state index is 12.8. The Kier molecular flexibility index (Phi) is 6.13. The molecule has 4 aromatic rings. The first-order chi connectivity index (χ1) is 16.1. The molecular weight excluding hydrogens is 436 g/mol. The number of sulfonamides is 1. The van der Waals surface area contributed by atoms with Gasteiger partial charge in [-0.05, 0) is 29.3 Å². The maximum Gasteiger partial charge on any atom is 0.244 e. The van der Waals surface area contributed by atoms with Gasteiger partial charge < -0.3 is 15.0 Å². The van der Waals surface area contributed by atoms with Crippen molar-refractivity contribution in [3.8, 4) is 0 Å². The van der Waals surface area contributed by atoms with Crippen LogP contribution in [0.2, 0.25) is 0 Å². The van der Waals surface area contributed by atoms with Crippen LogP contribution in [-0.4, -0.2) is 55.5 Å². The number of nitrogens with zero attached hydrogens (tertiary/aromatic N) is 2. The summed E-state index contributed by atoms with van der Waals surface area (Å²) in [6, 6.07) is 22.0. The largest absolute Gasteiger partial charge is 0.379 e. The van der Waals surface area contributed by atoms with E-state index in [0.717, 1.165) is 5.52 Å². The Hall–Kier alpha value is -3.20. The van der Waals surface area contributed by atoms with E-state index in [1.54, 1.807) is 12.1 Å². The van der Waals surface area contributed by atoms with Crippen molar-refractivity contribution in [3.63, 3.8) is 0 Å². The SMILES string of the molecule is O=S(=O)(c1ccc(NC[C@H](c2ccccc2)c2c[nH]c3ccccc23)nc1)N1CCOCC1. The molecule has 1 fully saturated rings. The number of benzene rings is 2. The Balaban J connectivity index is 1.37. The number of ether oxygens (including phenoxy) is 1. The third-order valence-corrected chi connectivity index (χ3v) is 7.91. The lowest BCUT2D eigenvalue weighted by Gasteiger charge is -2.26. The minimum atomic E-state index is -3.55. The summed E-state index contributed by atoms with van der Waals surface area (Å²) in [7, 11) is -3.55. The smallest absolute Gasteiger partial charge is 0.244 e. The number of nitrogens with one attached hydrogen (secondary N) is 2. The lowest BCUT2D eigenvalue weighted by atomic mass is 9.91. The highest BCUT2D eigenvalue weighted by Crippen LogP contribution is 2.31. The predicted octanol–water partition coefficient (Wildman–Crippen LogP) is 3.83. The van der Waals surface area contributed by atoms with Gasteiger partial charge in [-0.15, -0.1) is 0 Å². The molecule has 5 rings (SSSR count). The second-order valence-electron chi connectivity index (χ2n) is 8.03. The average Bonchev–Trinajstić information content (AvgIpc) is 3.30. The van der Waals surface area contributed by atoms with Crippen LogP contribution in [0.1, 0.15) is 17.0 Å². The zero-order valence-corrected chi connectivity index (χ0v) is 19.0. The molecule has 170 valence electrons. The van der Waals surface area contributed by atoms with E-state index >= 15 is 0 Å². The van der Waals surface area contributed by atoms with E-state index in [9.17, 15) is 8.42 Å². The van der Waals surface area contributed by atoms with Gasteiger partial charge in [-0.25, -0.2) is 13.4 Å². The Morgan fingerprint density at radius 3 is 2.52 bits per heavy atom. The first-order valence-corrected chi connectivity index (χ1v) is 12.5. The minimum Gasteiger partial charge on any atom is -0.379 e. The predicted molar refractivity (Wildman–Crippen MR) is 129 cm³/mol. The molecule has 0 spiro atoms. The van der Waals surface area contributed by atoms with Crippen molar-refractivity contribution in [2.75, 3.05) is 38.2 Å². The average molecular weight is 463 g/mol. The lowest BCUT2D eigenvalue weighted by molar-refractivity contribution is 0.0730. The number of H-pyrrole nitrogens is 1. The molecule has 2 N–H and O–H groups in total. The molecule has 7 nitrogen and oxygen atoms in total. The standard InChI is InChI=1S/C25H26N4O3S/c30-33(31,29-12-14-32-15-13-29)20-10-11-25(27-16-20)28-17-22(19-6-2-1-3-7-19)23-18-26-24-9-5-4-8-21(23)24/h1-11,16,18,22,26H,12-15,17H2,(H,27,28)/t22-/m1/s1. The summed E-state index contributed by atoms with van der Waals surface area (Å²) in [6.45, 7) is 2.19. The molecule has 3 heterocycles. The monoisotopic (exact) mass is 462 g/mol. The normalized spacial score (nSPS) is 16.0. The number of pyridine rings is 1. The van der Waals surface area contributed by atoms with E-state index in [-0.39, 0.29) is 10.8 Å². The molecule has 0 saturated carbocycles. The van der Waals surface area contributed by atoms with E-state index in [4.69, 9.17) is 4.74 Å². The van der Waals surface area contributed by atoms with E-state index in [2.05, 4.69) is 45.7 Å². The van der Waals surface area contributed by atoms with Gasteiger partial charge in [0.05, 0.1) is 13.2 Å². The molecule has 1 atom stereocenters. The summed E-state index contributed by atoms with van der Waals surface area (Å²) >= 11 is 0. The molecule has 2 aromatic carbocycles. The van der Waals surface area contributed by atoms with Crippen LogP contribution in [0.4, 0.5) is 5.82 Å². The van der Waals surface area contributed by atoms with Crippen LogP contribution in [0.25, 0.3) is 10.9 Å². The van der Waals surface area contributed by atoms with Gasteiger partial charge in [-0.1, -0.05) is 48.5 Å². The summed E-state index contributed by atoms with van der Waals surface area (Å²) in [5, 5.41) is 4.59. The first kappa shape index (κ1) is 21.6. The zero-order chi connectivity index (χ0) is 22.7. The highest BCUT2D eigenvalue weighted by atomic mass is 32.2. The van der Waals surface area contributed by atoms with Crippen LogP contribution < -0.4 is 5.32 Å². The Labute approximate surface area is 193 Å². The van der Waals surface area contributed by atoms with Crippen molar-refractivity contribution in [2.24, 2.45) is 0 Å². The molecule has 33 heavy (non-hydrogen) atoms. The Bertz CT molecular complexity index is 1310. The quantitative estimate of drug-likeness (QED) is 0.436. The summed E-state index contributed by atoms with van der Waals surface area (Å²) in [4.78, 5) is 7.96.